The van der Waals surface area contributed by atoms with Gasteiger partial charge < -0.3 is 5.11 Å². The summed E-state index contributed by atoms with van der Waals surface area (Å²) in [7, 11) is 0. The van der Waals surface area contributed by atoms with E-state index in [9.17, 15) is 14.9 Å². The minimum atomic E-state index is -1.39. The van der Waals surface area contributed by atoms with Crippen molar-refractivity contribution in [2.75, 3.05) is 5.32 Å². The highest BCUT2D eigenvalue weighted by Crippen LogP contribution is 2.29. The van der Waals surface area contributed by atoms with Gasteiger partial charge in [-0.05, 0) is 34.2 Å². The van der Waals surface area contributed by atoms with Crippen LogP contribution in [0.25, 0.3) is 0 Å². The van der Waals surface area contributed by atoms with Gasteiger partial charge in [0.25, 0.3) is 5.69 Å². The first-order chi connectivity index (χ1) is 7.95. The average molecular weight is 347 g/mol. The number of benzene rings is 1. The summed E-state index contributed by atoms with van der Waals surface area (Å²) in [5.74, 6) is 0. The fraction of sp³-hybridized carbons (Fsp3) is 0.111. The average Bonchev–Trinajstić information content (AvgIpc) is 2.21. The zero-order valence-electron chi connectivity index (χ0n) is 8.31. The molecule has 1 rings (SSSR count). The molecule has 7 nitrogen and oxygen atoms in total. The van der Waals surface area contributed by atoms with Crippen molar-refractivity contribution in [3.63, 3.8) is 0 Å². The molecule has 8 heteroatoms. The Kier molecular flexibility index (Phi) is 4.22. The van der Waals surface area contributed by atoms with Crippen LogP contribution in [0.15, 0.2) is 12.1 Å². The van der Waals surface area contributed by atoms with Crippen LogP contribution in [-0.4, -0.2) is 16.1 Å². The number of rotatable bonds is 3. The number of nitrogens with one attached hydrogen (secondary N) is 1. The maximum atomic E-state index is 10.7. The number of nitro benzene ring substituents is 1. The Morgan fingerprint density at radius 1 is 1.65 bits per heavy atom. The summed E-state index contributed by atoms with van der Waals surface area (Å²) in [6.07, 6.45) is -1.33. The molecule has 0 unspecified atom stereocenters. The number of carboxylic acid groups (broad SMARTS) is 1. The van der Waals surface area contributed by atoms with Crippen molar-refractivity contribution in [1.82, 2.24) is 0 Å². The van der Waals surface area contributed by atoms with Gasteiger partial charge in [0.1, 0.15) is 5.69 Å². The van der Waals surface area contributed by atoms with Crippen molar-refractivity contribution in [2.45, 2.75) is 6.42 Å². The molecule has 1 amide bonds. The fourth-order valence-corrected chi connectivity index (χ4v) is 1.84. The van der Waals surface area contributed by atoms with Crippen LogP contribution in [0, 0.1) is 25.0 Å². The molecule has 0 aliphatic rings. The highest BCUT2D eigenvalue weighted by molar-refractivity contribution is 14.1. The lowest BCUT2D eigenvalue weighted by molar-refractivity contribution is -0.384. The summed E-state index contributed by atoms with van der Waals surface area (Å²) in [6.45, 7) is 0. The molecular formula is C9H6IN3O4. The molecule has 0 aliphatic carbocycles. The van der Waals surface area contributed by atoms with Crippen LogP contribution in [0.2, 0.25) is 0 Å². The number of nitro groups is 1. The lowest BCUT2D eigenvalue weighted by Gasteiger charge is -2.06. The second-order valence-corrected chi connectivity index (χ2v) is 4.15. The molecule has 0 aromatic heterocycles. The maximum absolute atomic E-state index is 10.7. The van der Waals surface area contributed by atoms with E-state index in [2.05, 4.69) is 0 Å². The molecule has 1 aromatic carbocycles. The normalized spacial score (nSPS) is 9.41. The Morgan fingerprint density at radius 3 is 2.76 bits per heavy atom. The van der Waals surface area contributed by atoms with Crippen LogP contribution < -0.4 is 5.32 Å². The first-order valence-corrected chi connectivity index (χ1v) is 5.37. The molecule has 0 radical (unpaired) electrons. The minimum absolute atomic E-state index is 0.0601. The molecule has 1 aromatic rings. The predicted octanol–water partition coefficient (Wildman–Crippen LogP) is 2.36. The lowest BCUT2D eigenvalue weighted by atomic mass is 10.1. The van der Waals surface area contributed by atoms with Crippen LogP contribution in [0.1, 0.15) is 5.56 Å². The zero-order valence-corrected chi connectivity index (χ0v) is 10.5. The van der Waals surface area contributed by atoms with Gasteiger partial charge in [-0.1, -0.05) is 0 Å². The van der Waals surface area contributed by atoms with E-state index in [1.165, 1.54) is 12.1 Å². The van der Waals surface area contributed by atoms with E-state index >= 15 is 0 Å². The molecule has 0 atom stereocenters. The molecule has 17 heavy (non-hydrogen) atoms. The van der Waals surface area contributed by atoms with E-state index in [1.807, 2.05) is 34.0 Å². The topological polar surface area (TPSA) is 116 Å². The first kappa shape index (κ1) is 13.2. The van der Waals surface area contributed by atoms with Crippen molar-refractivity contribution in [3.05, 3.63) is 31.4 Å². The smallest absolute Gasteiger partial charge is 0.409 e. The summed E-state index contributed by atoms with van der Waals surface area (Å²) in [6, 6.07) is 4.44. The summed E-state index contributed by atoms with van der Waals surface area (Å²) in [5, 5.41) is 29.8. The Hall–Kier alpha value is -1.89. The number of hydrogen-bond acceptors (Lipinski definition) is 4. The van der Waals surface area contributed by atoms with Gasteiger partial charge in [0, 0.05) is 9.64 Å². The van der Waals surface area contributed by atoms with Crippen molar-refractivity contribution < 1.29 is 14.8 Å². The number of nitrogens with zero attached hydrogens (tertiary/aromatic N) is 2. The van der Waals surface area contributed by atoms with Gasteiger partial charge in [-0.15, -0.1) is 0 Å². The van der Waals surface area contributed by atoms with Gasteiger partial charge in [0.2, 0.25) is 0 Å². The van der Waals surface area contributed by atoms with E-state index < -0.39 is 11.0 Å². The molecule has 0 heterocycles. The Morgan fingerprint density at radius 2 is 2.29 bits per heavy atom. The number of hydrogen-bond donors (Lipinski definition) is 2. The second-order valence-electron chi connectivity index (χ2n) is 2.98. The first-order valence-electron chi connectivity index (χ1n) is 4.29. The fourth-order valence-electron chi connectivity index (χ4n) is 1.19. The number of anilines is 1. The molecular weight excluding hydrogens is 341 g/mol. The van der Waals surface area contributed by atoms with Crippen molar-refractivity contribution in [2.24, 2.45) is 0 Å². The second kappa shape index (κ2) is 5.44. The molecule has 0 aliphatic heterocycles. The maximum Gasteiger partial charge on any atom is 0.409 e. The van der Waals surface area contributed by atoms with Gasteiger partial charge in [-0.25, -0.2) is 4.79 Å². The van der Waals surface area contributed by atoms with E-state index in [0.717, 1.165) is 0 Å². The lowest BCUT2D eigenvalue weighted by Crippen LogP contribution is -2.10. The van der Waals surface area contributed by atoms with E-state index in [1.54, 1.807) is 0 Å². The SMILES string of the molecule is N#CCc1cc(NC(=O)O)c([N+](=O)[O-])cc1I. The van der Waals surface area contributed by atoms with E-state index in [-0.39, 0.29) is 17.8 Å². The van der Waals surface area contributed by atoms with E-state index in [4.69, 9.17) is 10.4 Å². The van der Waals surface area contributed by atoms with Crippen LogP contribution >= 0.6 is 22.6 Å². The molecule has 0 spiro atoms. The highest BCUT2D eigenvalue weighted by atomic mass is 127. The third-order valence-electron chi connectivity index (χ3n) is 1.87. The number of amides is 1. The standard InChI is InChI=1S/C9H6IN3O4/c10-6-4-8(13(16)17)7(12-9(14)15)3-5(6)1-2-11/h3-4,12H,1H2,(H,14,15). The molecule has 2 N–H and O–H groups in total. The summed E-state index contributed by atoms with van der Waals surface area (Å²) < 4.78 is 0.548. The van der Waals surface area contributed by atoms with Crippen molar-refractivity contribution in [3.8, 4) is 6.07 Å². The Bertz CT molecular complexity index is 524. The number of halogens is 1. The third-order valence-corrected chi connectivity index (χ3v) is 2.88. The van der Waals surface area contributed by atoms with Gasteiger partial charge in [-0.2, -0.15) is 5.26 Å². The van der Waals surface area contributed by atoms with Crippen LogP contribution in [0.4, 0.5) is 16.2 Å². The summed E-state index contributed by atoms with van der Waals surface area (Å²) >= 11 is 1.86. The molecule has 88 valence electrons. The monoisotopic (exact) mass is 347 g/mol. The largest absolute Gasteiger partial charge is 0.465 e. The van der Waals surface area contributed by atoms with Crippen LogP contribution in [0.3, 0.4) is 0 Å². The van der Waals surface area contributed by atoms with Crippen molar-refractivity contribution in [1.29, 1.82) is 5.26 Å². The van der Waals surface area contributed by atoms with Gasteiger partial charge in [0.05, 0.1) is 17.4 Å². The third kappa shape index (κ3) is 3.28. The summed E-state index contributed by atoms with van der Waals surface area (Å²) in [4.78, 5) is 20.5. The molecule has 0 fully saturated rings. The van der Waals surface area contributed by atoms with Crippen molar-refractivity contribution >= 4 is 40.1 Å². The number of carbonyl (C=O) groups is 1. The van der Waals surface area contributed by atoms with Crippen LogP contribution in [-0.2, 0) is 6.42 Å². The Balaban J connectivity index is 3.32. The quantitative estimate of drug-likeness (QED) is 0.495. The van der Waals surface area contributed by atoms with Gasteiger partial charge in [-0.3, -0.25) is 15.4 Å². The van der Waals surface area contributed by atoms with Gasteiger partial charge in [0.15, 0.2) is 0 Å². The van der Waals surface area contributed by atoms with E-state index in [0.29, 0.717) is 9.13 Å². The summed E-state index contributed by atoms with van der Waals surface area (Å²) in [5.41, 5.74) is 0.0779. The highest BCUT2D eigenvalue weighted by Gasteiger charge is 2.18. The zero-order chi connectivity index (χ0) is 13.0. The molecule has 0 saturated carbocycles. The minimum Gasteiger partial charge on any atom is -0.465 e. The molecule has 0 saturated heterocycles. The predicted molar refractivity (Wildman–Crippen MR) is 66.8 cm³/mol. The molecule has 0 bridgehead atoms. The van der Waals surface area contributed by atoms with Crippen LogP contribution in [0.5, 0.6) is 0 Å². The Labute approximate surface area is 109 Å². The number of nitriles is 1. The van der Waals surface area contributed by atoms with Gasteiger partial charge >= 0.3 is 6.09 Å².